The van der Waals surface area contributed by atoms with Crippen molar-refractivity contribution in [3.05, 3.63) is 18.2 Å². The lowest BCUT2D eigenvalue weighted by atomic mass is 10.1. The van der Waals surface area contributed by atoms with E-state index in [1.165, 1.54) is 0 Å². The van der Waals surface area contributed by atoms with Gasteiger partial charge < -0.3 is 14.8 Å². The zero-order valence-corrected chi connectivity index (χ0v) is 11.4. The van der Waals surface area contributed by atoms with E-state index in [1.807, 2.05) is 18.2 Å². The molecular weight excluding hydrogens is 228 g/mol. The van der Waals surface area contributed by atoms with Crippen LogP contribution in [-0.2, 0) is 4.74 Å². The second-order valence-corrected chi connectivity index (χ2v) is 5.68. The molecule has 0 amide bonds. The molecule has 1 fully saturated rings. The minimum Gasteiger partial charge on any atom is -0.475 e. The van der Waals surface area contributed by atoms with Gasteiger partial charge in [0.1, 0.15) is 12.4 Å². The van der Waals surface area contributed by atoms with Crippen LogP contribution in [0.4, 0.5) is 5.82 Å². The van der Waals surface area contributed by atoms with Crippen molar-refractivity contribution < 1.29 is 9.47 Å². The summed E-state index contributed by atoms with van der Waals surface area (Å²) >= 11 is 0. The van der Waals surface area contributed by atoms with Gasteiger partial charge in [0.05, 0.1) is 6.10 Å². The summed E-state index contributed by atoms with van der Waals surface area (Å²) in [6.07, 6.45) is 2.44. The van der Waals surface area contributed by atoms with Gasteiger partial charge in [-0.1, -0.05) is 6.07 Å². The number of nitrogens with one attached hydrogen (secondary N) is 1. The van der Waals surface area contributed by atoms with Crippen LogP contribution >= 0.6 is 0 Å². The molecule has 0 spiro atoms. The van der Waals surface area contributed by atoms with Crippen molar-refractivity contribution in [3.8, 4) is 5.88 Å². The first-order chi connectivity index (χ1) is 8.53. The molecule has 1 N–H and O–H groups in total. The van der Waals surface area contributed by atoms with Gasteiger partial charge in [0.15, 0.2) is 0 Å². The van der Waals surface area contributed by atoms with Gasteiger partial charge >= 0.3 is 0 Å². The van der Waals surface area contributed by atoms with Crippen LogP contribution in [0, 0.1) is 0 Å². The smallest absolute Gasteiger partial charge is 0.215 e. The molecule has 0 aliphatic carbocycles. The van der Waals surface area contributed by atoms with Crippen molar-refractivity contribution in [1.29, 1.82) is 0 Å². The average Bonchev–Trinajstić information content (AvgIpc) is 2.77. The minimum atomic E-state index is 0.000185. The molecular formula is C14H22N2O2. The third-order valence-corrected chi connectivity index (χ3v) is 2.67. The van der Waals surface area contributed by atoms with Crippen molar-refractivity contribution in [2.45, 2.75) is 45.3 Å². The first kappa shape index (κ1) is 13.1. The van der Waals surface area contributed by atoms with Crippen molar-refractivity contribution in [3.63, 3.8) is 0 Å². The Morgan fingerprint density at radius 3 is 2.94 bits per heavy atom. The lowest BCUT2D eigenvalue weighted by Gasteiger charge is -2.21. The predicted octanol–water partition coefficient (Wildman–Crippen LogP) is 2.85. The van der Waals surface area contributed by atoms with E-state index in [9.17, 15) is 0 Å². The van der Waals surface area contributed by atoms with Crippen LogP contribution in [0.2, 0.25) is 0 Å². The highest BCUT2D eigenvalue weighted by atomic mass is 16.5. The molecule has 4 heteroatoms. The zero-order valence-electron chi connectivity index (χ0n) is 11.4. The maximum atomic E-state index is 5.67. The molecule has 0 saturated carbocycles. The summed E-state index contributed by atoms with van der Waals surface area (Å²) in [5, 5.41) is 3.33. The number of rotatable bonds is 4. The first-order valence-corrected chi connectivity index (χ1v) is 6.52. The van der Waals surface area contributed by atoms with E-state index in [2.05, 4.69) is 31.1 Å². The molecule has 0 radical (unpaired) electrons. The fourth-order valence-corrected chi connectivity index (χ4v) is 1.90. The number of hydrogen-bond donors (Lipinski definition) is 1. The van der Waals surface area contributed by atoms with Gasteiger partial charge in [-0.3, -0.25) is 0 Å². The Morgan fingerprint density at radius 2 is 2.28 bits per heavy atom. The monoisotopic (exact) mass is 250 g/mol. The van der Waals surface area contributed by atoms with Crippen LogP contribution in [-0.4, -0.2) is 29.8 Å². The topological polar surface area (TPSA) is 43.4 Å². The maximum Gasteiger partial charge on any atom is 0.215 e. The highest BCUT2D eigenvalue weighted by Crippen LogP contribution is 2.18. The number of anilines is 1. The van der Waals surface area contributed by atoms with E-state index in [0.717, 1.165) is 25.3 Å². The van der Waals surface area contributed by atoms with Crippen LogP contribution in [0.1, 0.15) is 33.6 Å². The molecule has 1 unspecified atom stereocenters. The largest absolute Gasteiger partial charge is 0.475 e. The second kappa shape index (κ2) is 5.57. The molecule has 1 aromatic rings. The third kappa shape index (κ3) is 4.18. The van der Waals surface area contributed by atoms with Crippen LogP contribution in [0.25, 0.3) is 0 Å². The van der Waals surface area contributed by atoms with E-state index in [0.29, 0.717) is 12.5 Å². The minimum absolute atomic E-state index is 0.000185. The molecule has 1 atom stereocenters. The number of nitrogens with zero attached hydrogens (tertiary/aromatic N) is 1. The molecule has 2 heterocycles. The number of ether oxygens (including phenoxy) is 2. The molecule has 18 heavy (non-hydrogen) atoms. The Labute approximate surface area is 109 Å². The van der Waals surface area contributed by atoms with E-state index >= 15 is 0 Å². The molecule has 0 aromatic carbocycles. The normalized spacial score (nSPS) is 19.8. The number of pyridine rings is 1. The van der Waals surface area contributed by atoms with Crippen LogP contribution in [0.15, 0.2) is 18.2 Å². The number of aromatic nitrogens is 1. The quantitative estimate of drug-likeness (QED) is 0.892. The highest BCUT2D eigenvalue weighted by Gasteiger charge is 2.16. The van der Waals surface area contributed by atoms with E-state index in [4.69, 9.17) is 9.47 Å². The lowest BCUT2D eigenvalue weighted by molar-refractivity contribution is 0.0664. The Kier molecular flexibility index (Phi) is 4.07. The molecule has 0 bridgehead atoms. The van der Waals surface area contributed by atoms with Gasteiger partial charge in [-0.15, -0.1) is 0 Å². The number of hydrogen-bond acceptors (Lipinski definition) is 4. The fourth-order valence-electron chi connectivity index (χ4n) is 1.90. The van der Waals surface area contributed by atoms with Gasteiger partial charge in [-0.2, -0.15) is 4.98 Å². The maximum absolute atomic E-state index is 5.67. The second-order valence-electron chi connectivity index (χ2n) is 5.68. The Morgan fingerprint density at radius 1 is 1.44 bits per heavy atom. The summed E-state index contributed by atoms with van der Waals surface area (Å²) < 4.78 is 11.2. The van der Waals surface area contributed by atoms with Gasteiger partial charge in [0, 0.05) is 18.2 Å². The summed E-state index contributed by atoms with van der Waals surface area (Å²) in [5.41, 5.74) is 0.000185. The molecule has 1 saturated heterocycles. The predicted molar refractivity (Wildman–Crippen MR) is 72.1 cm³/mol. The van der Waals surface area contributed by atoms with Crippen molar-refractivity contribution in [2.24, 2.45) is 0 Å². The summed E-state index contributed by atoms with van der Waals surface area (Å²) in [6.45, 7) is 7.76. The van der Waals surface area contributed by atoms with E-state index in [1.54, 1.807) is 0 Å². The first-order valence-electron chi connectivity index (χ1n) is 6.52. The van der Waals surface area contributed by atoms with Crippen LogP contribution < -0.4 is 10.1 Å². The van der Waals surface area contributed by atoms with Crippen molar-refractivity contribution in [2.75, 3.05) is 18.5 Å². The van der Waals surface area contributed by atoms with Gasteiger partial charge in [-0.05, 0) is 39.7 Å². The fraction of sp³-hybridized carbons (Fsp3) is 0.643. The van der Waals surface area contributed by atoms with E-state index < -0.39 is 0 Å². The van der Waals surface area contributed by atoms with Gasteiger partial charge in [0.2, 0.25) is 5.88 Å². The lowest BCUT2D eigenvalue weighted by Crippen LogP contribution is -2.26. The SMILES string of the molecule is CC(C)(C)Nc1cccc(OCC2CCCO2)n1. The van der Waals surface area contributed by atoms with Crippen molar-refractivity contribution >= 4 is 5.82 Å². The van der Waals surface area contributed by atoms with Gasteiger partial charge in [-0.25, -0.2) is 0 Å². The molecule has 4 nitrogen and oxygen atoms in total. The molecule has 2 rings (SSSR count). The molecule has 1 aliphatic heterocycles. The van der Waals surface area contributed by atoms with Crippen molar-refractivity contribution in [1.82, 2.24) is 4.98 Å². The summed E-state index contributed by atoms with van der Waals surface area (Å²) in [5.74, 6) is 1.49. The molecule has 1 aliphatic rings. The highest BCUT2D eigenvalue weighted by molar-refractivity contribution is 5.39. The molecule has 100 valence electrons. The Bertz CT molecular complexity index is 382. The zero-order chi connectivity index (χ0) is 13.0. The summed E-state index contributed by atoms with van der Waals surface area (Å²) in [7, 11) is 0. The summed E-state index contributed by atoms with van der Waals surface area (Å²) in [6, 6.07) is 5.78. The Balaban J connectivity index is 1.90. The van der Waals surface area contributed by atoms with E-state index in [-0.39, 0.29) is 11.6 Å². The van der Waals surface area contributed by atoms with Crippen LogP contribution in [0.3, 0.4) is 0 Å². The average molecular weight is 250 g/mol. The third-order valence-electron chi connectivity index (χ3n) is 2.67. The standard InChI is InChI=1S/C14H22N2O2/c1-14(2,3)16-12-7-4-8-13(15-12)18-10-11-6-5-9-17-11/h4,7-8,11H,5-6,9-10H2,1-3H3,(H,15,16). The molecule has 1 aromatic heterocycles. The van der Waals surface area contributed by atoms with Gasteiger partial charge in [0.25, 0.3) is 0 Å². The van der Waals surface area contributed by atoms with Crippen LogP contribution in [0.5, 0.6) is 5.88 Å². The Hall–Kier alpha value is -1.29. The summed E-state index contributed by atoms with van der Waals surface area (Å²) in [4.78, 5) is 4.43.